The maximum absolute atomic E-state index is 9.53. The monoisotopic (exact) mass is 327 g/mol. The summed E-state index contributed by atoms with van der Waals surface area (Å²) in [4.78, 5) is 11.2. The molecule has 2 aliphatic rings. The Morgan fingerprint density at radius 3 is 3.08 bits per heavy atom. The molecule has 6 heteroatoms. The molecule has 1 N–H and O–H groups in total. The molecule has 1 unspecified atom stereocenters. The van der Waals surface area contributed by atoms with Crippen molar-refractivity contribution in [2.45, 2.75) is 13.0 Å². The standard InChI is InChI=1S/C18H21N3O3/c22-9-13-8-21(5-6-23-10-13)18-15-7-14-3-1-2-4-17(14)24-11-16(15)19-12-20-18/h1-4,12-13,22H,5-11H2. The summed E-state index contributed by atoms with van der Waals surface area (Å²) >= 11 is 0. The number of anilines is 1. The molecule has 24 heavy (non-hydrogen) atoms. The summed E-state index contributed by atoms with van der Waals surface area (Å²) in [5, 5.41) is 9.53. The van der Waals surface area contributed by atoms with Crippen molar-refractivity contribution in [2.24, 2.45) is 5.92 Å². The molecule has 6 nitrogen and oxygen atoms in total. The van der Waals surface area contributed by atoms with Crippen LogP contribution in [0, 0.1) is 5.92 Å². The summed E-state index contributed by atoms with van der Waals surface area (Å²) in [7, 11) is 0. The lowest BCUT2D eigenvalue weighted by Gasteiger charge is -2.26. The van der Waals surface area contributed by atoms with E-state index >= 15 is 0 Å². The topological polar surface area (TPSA) is 67.7 Å². The van der Waals surface area contributed by atoms with Crippen LogP contribution in [0.15, 0.2) is 30.6 Å². The molecule has 2 aromatic rings. The van der Waals surface area contributed by atoms with E-state index in [-0.39, 0.29) is 12.5 Å². The van der Waals surface area contributed by atoms with Gasteiger partial charge in [-0.25, -0.2) is 9.97 Å². The highest BCUT2D eigenvalue weighted by molar-refractivity contribution is 5.53. The summed E-state index contributed by atoms with van der Waals surface area (Å²) in [5.41, 5.74) is 3.19. The predicted molar refractivity (Wildman–Crippen MR) is 89.2 cm³/mol. The van der Waals surface area contributed by atoms with Crippen LogP contribution in [0.5, 0.6) is 5.75 Å². The molecule has 0 aliphatic carbocycles. The highest BCUT2D eigenvalue weighted by atomic mass is 16.5. The first kappa shape index (κ1) is 15.4. The van der Waals surface area contributed by atoms with Crippen LogP contribution in [-0.2, 0) is 17.8 Å². The van der Waals surface area contributed by atoms with E-state index < -0.39 is 0 Å². The van der Waals surface area contributed by atoms with Gasteiger partial charge in [0.25, 0.3) is 0 Å². The van der Waals surface area contributed by atoms with Gasteiger partial charge in [-0.2, -0.15) is 0 Å². The number of rotatable bonds is 2. The second-order valence-corrected chi connectivity index (χ2v) is 6.27. The molecule has 0 radical (unpaired) electrons. The third-order valence-corrected chi connectivity index (χ3v) is 4.61. The molecule has 0 saturated carbocycles. The summed E-state index contributed by atoms with van der Waals surface area (Å²) in [6.07, 6.45) is 2.36. The molecule has 4 rings (SSSR count). The first-order chi connectivity index (χ1) is 11.8. The van der Waals surface area contributed by atoms with Crippen LogP contribution in [-0.4, -0.2) is 48.0 Å². The number of fused-ring (bicyclic) bond motifs is 2. The molecule has 0 bridgehead atoms. The maximum Gasteiger partial charge on any atom is 0.136 e. The Morgan fingerprint density at radius 2 is 2.17 bits per heavy atom. The summed E-state index contributed by atoms with van der Waals surface area (Å²) in [6, 6.07) is 8.09. The summed E-state index contributed by atoms with van der Waals surface area (Å²) in [5.74, 6) is 1.95. The molecule has 126 valence electrons. The molecule has 0 spiro atoms. The molecule has 1 saturated heterocycles. The van der Waals surface area contributed by atoms with Crippen LogP contribution >= 0.6 is 0 Å². The Balaban J connectivity index is 1.71. The van der Waals surface area contributed by atoms with Crippen LogP contribution < -0.4 is 9.64 Å². The fourth-order valence-corrected chi connectivity index (χ4v) is 3.33. The van der Waals surface area contributed by atoms with Crippen molar-refractivity contribution in [1.82, 2.24) is 9.97 Å². The normalized spacial score (nSPS) is 20.4. The van der Waals surface area contributed by atoms with Gasteiger partial charge < -0.3 is 19.5 Å². The van der Waals surface area contributed by atoms with Gasteiger partial charge in [-0.3, -0.25) is 0 Å². The molecular weight excluding hydrogens is 306 g/mol. The average Bonchev–Trinajstić information content (AvgIpc) is 2.97. The van der Waals surface area contributed by atoms with Crippen molar-refractivity contribution < 1.29 is 14.6 Å². The Hall–Kier alpha value is -2.18. The van der Waals surface area contributed by atoms with E-state index in [0.29, 0.717) is 19.8 Å². The van der Waals surface area contributed by atoms with E-state index in [1.165, 1.54) is 0 Å². The van der Waals surface area contributed by atoms with Gasteiger partial charge >= 0.3 is 0 Å². The zero-order valence-corrected chi connectivity index (χ0v) is 13.5. The van der Waals surface area contributed by atoms with E-state index in [4.69, 9.17) is 9.47 Å². The van der Waals surface area contributed by atoms with Crippen LogP contribution in [0.1, 0.15) is 16.8 Å². The smallest absolute Gasteiger partial charge is 0.136 e. The highest BCUT2D eigenvalue weighted by Crippen LogP contribution is 2.32. The van der Waals surface area contributed by atoms with Crippen molar-refractivity contribution >= 4 is 5.82 Å². The molecule has 1 atom stereocenters. The van der Waals surface area contributed by atoms with Crippen molar-refractivity contribution in [1.29, 1.82) is 0 Å². The Kier molecular flexibility index (Phi) is 4.32. The number of aromatic nitrogens is 2. The van der Waals surface area contributed by atoms with Crippen molar-refractivity contribution in [2.75, 3.05) is 37.8 Å². The van der Waals surface area contributed by atoms with Gasteiger partial charge in [0.05, 0.1) is 18.9 Å². The zero-order chi connectivity index (χ0) is 16.4. The molecule has 1 aromatic carbocycles. The van der Waals surface area contributed by atoms with Gasteiger partial charge in [-0.15, -0.1) is 0 Å². The first-order valence-corrected chi connectivity index (χ1v) is 8.32. The highest BCUT2D eigenvalue weighted by Gasteiger charge is 2.25. The molecule has 0 amide bonds. The fraction of sp³-hybridized carbons (Fsp3) is 0.444. The number of nitrogens with zero attached hydrogens (tertiary/aromatic N) is 3. The van der Waals surface area contributed by atoms with Crippen molar-refractivity contribution in [3.05, 3.63) is 47.4 Å². The van der Waals surface area contributed by atoms with Gasteiger partial charge in [0, 0.05) is 37.6 Å². The van der Waals surface area contributed by atoms with Crippen LogP contribution in [0.4, 0.5) is 5.82 Å². The minimum Gasteiger partial charge on any atom is -0.487 e. The molecule has 2 aliphatic heterocycles. The minimum atomic E-state index is 0.104. The largest absolute Gasteiger partial charge is 0.487 e. The third-order valence-electron chi connectivity index (χ3n) is 4.61. The fourth-order valence-electron chi connectivity index (χ4n) is 3.33. The Labute approximate surface area is 141 Å². The average molecular weight is 327 g/mol. The van der Waals surface area contributed by atoms with E-state index in [1.54, 1.807) is 6.33 Å². The Bertz CT molecular complexity index is 722. The van der Waals surface area contributed by atoms with Gasteiger partial charge in [-0.05, 0) is 11.6 Å². The second-order valence-electron chi connectivity index (χ2n) is 6.27. The van der Waals surface area contributed by atoms with E-state index in [0.717, 1.165) is 47.9 Å². The lowest BCUT2D eigenvalue weighted by molar-refractivity contribution is 0.0959. The van der Waals surface area contributed by atoms with Crippen molar-refractivity contribution in [3.63, 3.8) is 0 Å². The van der Waals surface area contributed by atoms with Gasteiger partial charge in [0.1, 0.15) is 24.5 Å². The number of para-hydroxylation sites is 1. The van der Waals surface area contributed by atoms with Crippen molar-refractivity contribution in [3.8, 4) is 5.75 Å². The number of aliphatic hydroxyl groups is 1. The van der Waals surface area contributed by atoms with E-state index in [1.807, 2.05) is 18.2 Å². The van der Waals surface area contributed by atoms with E-state index in [9.17, 15) is 5.11 Å². The van der Waals surface area contributed by atoms with E-state index in [2.05, 4.69) is 20.9 Å². The SMILES string of the molecule is OCC1COCCN(c2ncnc3c2Cc2ccccc2OC3)C1. The Morgan fingerprint density at radius 1 is 1.25 bits per heavy atom. The number of hydrogen-bond acceptors (Lipinski definition) is 6. The lowest BCUT2D eigenvalue weighted by Crippen LogP contribution is -2.33. The predicted octanol–water partition coefficient (Wildman–Crippen LogP) is 1.40. The molecular formula is C18H21N3O3. The molecule has 1 fully saturated rings. The first-order valence-electron chi connectivity index (χ1n) is 8.32. The molecule has 3 heterocycles. The number of hydrogen-bond donors (Lipinski definition) is 1. The van der Waals surface area contributed by atoms with Crippen LogP contribution in [0.25, 0.3) is 0 Å². The number of ether oxygens (including phenoxy) is 2. The second kappa shape index (κ2) is 6.75. The van der Waals surface area contributed by atoms with Gasteiger partial charge in [-0.1, -0.05) is 18.2 Å². The summed E-state index contributed by atoms with van der Waals surface area (Å²) in [6.45, 7) is 3.31. The number of aliphatic hydroxyl groups excluding tert-OH is 1. The van der Waals surface area contributed by atoms with Crippen LogP contribution in [0.2, 0.25) is 0 Å². The minimum absolute atomic E-state index is 0.104. The summed E-state index contributed by atoms with van der Waals surface area (Å²) < 4.78 is 11.5. The van der Waals surface area contributed by atoms with Gasteiger partial charge in [0.2, 0.25) is 0 Å². The molecule has 1 aromatic heterocycles. The quantitative estimate of drug-likeness (QED) is 0.899. The van der Waals surface area contributed by atoms with Gasteiger partial charge in [0.15, 0.2) is 0 Å². The third kappa shape index (κ3) is 2.95. The van der Waals surface area contributed by atoms with Crippen LogP contribution in [0.3, 0.4) is 0 Å². The lowest BCUT2D eigenvalue weighted by atomic mass is 10.0. The maximum atomic E-state index is 9.53. The zero-order valence-electron chi connectivity index (χ0n) is 13.5. The number of benzene rings is 1.